The van der Waals surface area contributed by atoms with Crippen LogP contribution in [0.1, 0.15) is 73.1 Å². The first-order chi connectivity index (χ1) is 22.9. The van der Waals surface area contributed by atoms with E-state index in [1.807, 2.05) is 19.1 Å². The Kier molecular flexibility index (Phi) is 8.35. The highest BCUT2D eigenvalue weighted by molar-refractivity contribution is 5.97. The molecule has 8 rings (SSSR count). The van der Waals surface area contributed by atoms with Gasteiger partial charge in [0.1, 0.15) is 5.69 Å². The van der Waals surface area contributed by atoms with E-state index in [2.05, 4.69) is 49.3 Å². The van der Waals surface area contributed by atoms with Gasteiger partial charge in [-0.25, -0.2) is 9.97 Å². The molecule has 248 valence electrons. The Labute approximate surface area is 278 Å². The molecule has 2 aromatic heterocycles. The molecule has 47 heavy (non-hydrogen) atoms. The minimum Gasteiger partial charge on any atom is -0.375 e. The van der Waals surface area contributed by atoms with Crippen molar-refractivity contribution in [3.63, 3.8) is 0 Å². The van der Waals surface area contributed by atoms with Crippen LogP contribution in [0.4, 0.5) is 17.2 Å². The number of piperidine rings is 1. The first kappa shape index (κ1) is 30.7. The molecule has 3 aliphatic heterocycles. The number of nitrogens with one attached hydrogen (secondary N) is 1. The van der Waals surface area contributed by atoms with Crippen molar-refractivity contribution < 1.29 is 9.53 Å². The average Bonchev–Trinajstić information content (AvgIpc) is 4.04. The Morgan fingerprint density at radius 1 is 0.915 bits per heavy atom. The van der Waals surface area contributed by atoms with Gasteiger partial charge in [0, 0.05) is 75.5 Å². The highest BCUT2D eigenvalue weighted by Crippen LogP contribution is 2.49. The van der Waals surface area contributed by atoms with Gasteiger partial charge in [0.25, 0.3) is 5.91 Å². The lowest BCUT2D eigenvalue weighted by atomic mass is 9.89. The molecule has 2 aliphatic carbocycles. The largest absolute Gasteiger partial charge is 0.375 e. The molecule has 3 saturated heterocycles. The zero-order chi connectivity index (χ0) is 32.0. The third kappa shape index (κ3) is 6.73. The van der Waals surface area contributed by atoms with Crippen molar-refractivity contribution in [3.8, 4) is 11.4 Å². The van der Waals surface area contributed by atoms with E-state index >= 15 is 0 Å². The molecule has 10 heteroatoms. The van der Waals surface area contributed by atoms with Crippen molar-refractivity contribution in [1.29, 1.82) is 0 Å². The van der Waals surface area contributed by atoms with Crippen molar-refractivity contribution in [1.82, 2.24) is 24.8 Å². The molecule has 1 atom stereocenters. The molecule has 5 heterocycles. The smallest absolute Gasteiger partial charge is 0.271 e. The SMILES string of the molecule is Cc1cccnc1-c1nc(C(N)=O)c(Nc2ccc(N3CCC(N4CCN(C5CC5)CC4)CC3)cc2)nc1CC1CCOC2(CC2)C1. The Morgan fingerprint density at radius 2 is 1.62 bits per heavy atom. The summed E-state index contributed by atoms with van der Waals surface area (Å²) < 4.78 is 6.10. The number of amides is 1. The minimum atomic E-state index is -0.613. The molecule has 5 fully saturated rings. The van der Waals surface area contributed by atoms with Gasteiger partial charge in [-0.05, 0) is 107 Å². The van der Waals surface area contributed by atoms with E-state index in [-0.39, 0.29) is 11.3 Å². The second-order valence-corrected chi connectivity index (χ2v) is 14.5. The van der Waals surface area contributed by atoms with Crippen LogP contribution < -0.4 is 16.0 Å². The summed E-state index contributed by atoms with van der Waals surface area (Å²) >= 11 is 0. The van der Waals surface area contributed by atoms with Crippen molar-refractivity contribution in [2.24, 2.45) is 11.7 Å². The van der Waals surface area contributed by atoms with Crippen LogP contribution in [0.3, 0.4) is 0 Å². The van der Waals surface area contributed by atoms with Crippen molar-refractivity contribution in [2.45, 2.75) is 82.4 Å². The van der Waals surface area contributed by atoms with Crippen LogP contribution in [-0.4, -0.2) is 94.2 Å². The van der Waals surface area contributed by atoms with E-state index in [1.54, 1.807) is 6.20 Å². The minimum absolute atomic E-state index is 0.0632. The average molecular weight is 637 g/mol. The topological polar surface area (TPSA) is 113 Å². The van der Waals surface area contributed by atoms with Crippen LogP contribution in [0.25, 0.3) is 11.4 Å². The molecule has 5 aliphatic rings. The number of primary amides is 1. The van der Waals surface area contributed by atoms with Crippen LogP contribution in [0.15, 0.2) is 42.6 Å². The summed E-state index contributed by atoms with van der Waals surface area (Å²) in [5.74, 6) is 0.220. The standard InChI is InChI=1S/C37H48N8O2/c1-25-3-2-15-39-32(25)33-31(23-26-12-22-47-37(24-26)13-14-37)41-36(34(42-33)35(38)46)40-27-4-6-28(7-5-27)43-16-10-30(11-17-43)45-20-18-44(19-21-45)29-8-9-29/h2-7,15,26,29-30H,8-14,16-24H2,1H3,(H2,38,46)(H,40,41). The molecular formula is C37H48N8O2. The Morgan fingerprint density at radius 3 is 2.26 bits per heavy atom. The monoisotopic (exact) mass is 636 g/mol. The number of ether oxygens (including phenoxy) is 1. The number of rotatable bonds is 9. The predicted molar refractivity (Wildman–Crippen MR) is 184 cm³/mol. The summed E-state index contributed by atoms with van der Waals surface area (Å²) in [6, 6.07) is 14.0. The third-order valence-electron chi connectivity index (χ3n) is 11.2. The first-order valence-corrected chi connectivity index (χ1v) is 17.8. The highest BCUT2D eigenvalue weighted by atomic mass is 16.5. The van der Waals surface area contributed by atoms with Gasteiger partial charge in [-0.2, -0.15) is 0 Å². The number of hydrogen-bond acceptors (Lipinski definition) is 9. The van der Waals surface area contributed by atoms with Crippen molar-refractivity contribution in [2.75, 3.05) is 56.1 Å². The molecule has 0 bridgehead atoms. The molecular weight excluding hydrogens is 588 g/mol. The van der Waals surface area contributed by atoms with Gasteiger partial charge in [0.05, 0.1) is 17.0 Å². The van der Waals surface area contributed by atoms with Gasteiger partial charge in [0.2, 0.25) is 0 Å². The number of nitrogens with zero attached hydrogens (tertiary/aromatic N) is 6. The van der Waals surface area contributed by atoms with E-state index in [9.17, 15) is 4.79 Å². The molecule has 0 radical (unpaired) electrons. The van der Waals surface area contributed by atoms with Crippen LogP contribution in [0, 0.1) is 12.8 Å². The number of pyridine rings is 1. The number of aryl methyl sites for hydroxylation is 1. The number of anilines is 3. The number of carbonyl (C=O) groups is 1. The third-order valence-corrected chi connectivity index (χ3v) is 11.2. The fourth-order valence-corrected chi connectivity index (χ4v) is 8.15. The maximum absolute atomic E-state index is 12.8. The zero-order valence-corrected chi connectivity index (χ0v) is 27.7. The number of carbonyl (C=O) groups excluding carboxylic acids is 1. The van der Waals surface area contributed by atoms with Gasteiger partial charge in [-0.3, -0.25) is 19.6 Å². The maximum atomic E-state index is 12.8. The fraction of sp³-hybridized carbons (Fsp3) is 0.568. The summed E-state index contributed by atoms with van der Waals surface area (Å²) in [6.45, 7) is 9.86. The van der Waals surface area contributed by atoms with E-state index in [1.165, 1.54) is 57.5 Å². The molecule has 1 spiro atoms. The van der Waals surface area contributed by atoms with Crippen LogP contribution in [-0.2, 0) is 11.2 Å². The number of piperazine rings is 1. The normalized spacial score (nSPS) is 23.6. The summed E-state index contributed by atoms with van der Waals surface area (Å²) in [5.41, 5.74) is 11.4. The lowest BCUT2D eigenvalue weighted by Crippen LogP contribution is -2.53. The van der Waals surface area contributed by atoms with Crippen molar-refractivity contribution >= 4 is 23.1 Å². The lowest BCUT2D eigenvalue weighted by Gasteiger charge is -2.43. The molecule has 2 saturated carbocycles. The van der Waals surface area contributed by atoms with E-state index in [0.29, 0.717) is 23.5 Å². The number of hydrogen-bond donors (Lipinski definition) is 2. The fourth-order valence-electron chi connectivity index (χ4n) is 8.15. The van der Waals surface area contributed by atoms with Gasteiger partial charge in [0.15, 0.2) is 11.5 Å². The number of aromatic nitrogens is 3. The predicted octanol–water partition coefficient (Wildman–Crippen LogP) is 4.94. The first-order valence-electron chi connectivity index (χ1n) is 17.8. The second kappa shape index (κ2) is 12.8. The second-order valence-electron chi connectivity index (χ2n) is 14.5. The van der Waals surface area contributed by atoms with Crippen LogP contribution >= 0.6 is 0 Å². The van der Waals surface area contributed by atoms with Gasteiger partial charge in [-0.1, -0.05) is 6.07 Å². The molecule has 3 N–H and O–H groups in total. The summed E-state index contributed by atoms with van der Waals surface area (Å²) in [4.78, 5) is 35.3. The molecule has 1 aromatic carbocycles. The van der Waals surface area contributed by atoms with Gasteiger partial charge >= 0.3 is 0 Å². The quantitative estimate of drug-likeness (QED) is 0.337. The molecule has 1 amide bonds. The van der Waals surface area contributed by atoms with Crippen LogP contribution in [0.2, 0.25) is 0 Å². The number of benzene rings is 1. The lowest BCUT2D eigenvalue weighted by molar-refractivity contribution is -0.0280. The Hall–Kier alpha value is -3.60. The summed E-state index contributed by atoms with van der Waals surface area (Å²) in [7, 11) is 0. The van der Waals surface area contributed by atoms with Gasteiger partial charge < -0.3 is 20.7 Å². The summed E-state index contributed by atoms with van der Waals surface area (Å²) in [6.07, 6.45) is 12.0. The summed E-state index contributed by atoms with van der Waals surface area (Å²) in [5, 5.41) is 3.40. The Bertz CT molecular complexity index is 1590. The molecule has 1 unspecified atom stereocenters. The Balaban J connectivity index is 0.975. The number of nitrogens with two attached hydrogens (primary N) is 1. The van der Waals surface area contributed by atoms with Crippen LogP contribution in [0.5, 0.6) is 0 Å². The van der Waals surface area contributed by atoms with Crippen molar-refractivity contribution in [3.05, 3.63) is 59.5 Å². The molecule has 3 aromatic rings. The van der Waals surface area contributed by atoms with E-state index in [4.69, 9.17) is 20.4 Å². The molecule has 10 nitrogen and oxygen atoms in total. The van der Waals surface area contributed by atoms with Gasteiger partial charge in [-0.15, -0.1) is 0 Å². The zero-order valence-electron chi connectivity index (χ0n) is 27.7. The highest BCUT2D eigenvalue weighted by Gasteiger charge is 2.47. The van der Waals surface area contributed by atoms with E-state index < -0.39 is 5.91 Å². The van der Waals surface area contributed by atoms with E-state index in [0.717, 1.165) is 80.5 Å². The maximum Gasteiger partial charge on any atom is 0.271 e.